The Morgan fingerprint density at radius 1 is 1.15 bits per heavy atom. The molecule has 0 bridgehead atoms. The Kier molecular flexibility index (Phi) is 8.80. The van der Waals surface area contributed by atoms with E-state index in [1.54, 1.807) is 20.8 Å². The Balaban J connectivity index is 1.62. The third-order valence-corrected chi connectivity index (χ3v) is 10.1. The summed E-state index contributed by atoms with van der Waals surface area (Å²) in [5.74, 6) is -2.50. The number of nitrogens with one attached hydrogen (secondary N) is 3. The molecule has 2 aliphatic carbocycles. The zero-order valence-corrected chi connectivity index (χ0v) is 25.3. The Bertz CT molecular complexity index is 1190. The van der Waals surface area contributed by atoms with Crippen LogP contribution in [0.1, 0.15) is 79.6 Å². The van der Waals surface area contributed by atoms with Crippen LogP contribution in [0.5, 0.6) is 0 Å². The maximum Gasteiger partial charge on any atom is 0.408 e. The number of rotatable bonds is 4. The summed E-state index contributed by atoms with van der Waals surface area (Å²) in [6, 6.07) is -2.12. The van der Waals surface area contributed by atoms with Crippen LogP contribution < -0.4 is 15.4 Å². The number of amides is 4. The molecule has 4 aliphatic rings. The Hall–Kier alpha value is -2.67. The van der Waals surface area contributed by atoms with Gasteiger partial charge in [0, 0.05) is 18.9 Å². The molecule has 0 radical (unpaired) electrons. The lowest BCUT2D eigenvalue weighted by atomic mass is 9.88. The molecule has 1 saturated heterocycles. The molecule has 0 spiro atoms. The molecule has 2 heterocycles. The van der Waals surface area contributed by atoms with Crippen molar-refractivity contribution in [1.29, 1.82) is 0 Å². The molecule has 7 unspecified atom stereocenters. The van der Waals surface area contributed by atoms with Crippen LogP contribution in [0.15, 0.2) is 12.2 Å². The van der Waals surface area contributed by atoms with E-state index in [1.165, 1.54) is 4.90 Å². The number of hydrogen-bond donors (Lipinski definition) is 4. The summed E-state index contributed by atoms with van der Waals surface area (Å²) in [6.45, 7) is 8.95. The second kappa shape index (κ2) is 11.5. The van der Waals surface area contributed by atoms with Crippen LogP contribution in [0.2, 0.25) is 0 Å². The van der Waals surface area contributed by atoms with Crippen LogP contribution in [0.4, 0.5) is 4.79 Å². The molecule has 4 amide bonds. The standard InChI is InChI=1S/C28H44N4O8S/c1-16-8-6-7-9-18-14-28(18,25(36)31-41(38,39)20-10-11-20)30-23(34)21-13-19(33)15-32(21)24(35)22(17(2)12-16)29-26(37)40-27(3,4)5/h7,9,16-22,33H,6,8,10-15H2,1-5H3,(H,29,37)(H,30,34)(H,31,36). The van der Waals surface area contributed by atoms with E-state index in [-0.39, 0.29) is 31.2 Å². The van der Waals surface area contributed by atoms with Crippen molar-refractivity contribution in [1.82, 2.24) is 20.3 Å². The number of aliphatic hydroxyl groups is 1. The lowest BCUT2D eigenvalue weighted by molar-refractivity contribution is -0.142. The minimum absolute atomic E-state index is 0.0555. The molecule has 12 nitrogen and oxygen atoms in total. The van der Waals surface area contributed by atoms with Gasteiger partial charge in [0.1, 0.15) is 23.2 Å². The largest absolute Gasteiger partial charge is 0.444 e. The van der Waals surface area contributed by atoms with Crippen LogP contribution in [0.25, 0.3) is 0 Å². The number of nitrogens with zero attached hydrogens (tertiary/aromatic N) is 1. The molecular formula is C28H44N4O8S. The monoisotopic (exact) mass is 596 g/mol. The van der Waals surface area contributed by atoms with Gasteiger partial charge in [-0.05, 0) is 71.1 Å². The number of carbonyl (C=O) groups excluding carboxylic acids is 4. The highest BCUT2D eigenvalue weighted by atomic mass is 32.2. The molecule has 13 heteroatoms. The second-order valence-corrected chi connectivity index (χ2v) is 15.3. The molecular weight excluding hydrogens is 552 g/mol. The SMILES string of the molecule is CC1CCC=CC2CC2(C(=O)NS(=O)(=O)C2CC2)NC(=O)C2CC(O)CN2C(=O)C(NC(=O)OC(C)(C)C)C(C)C1. The minimum atomic E-state index is -3.84. The molecule has 3 fully saturated rings. The first kappa shape index (κ1) is 31.3. The highest BCUT2D eigenvalue weighted by Gasteiger charge is 2.62. The maximum atomic E-state index is 13.9. The molecule has 7 atom stereocenters. The van der Waals surface area contributed by atoms with E-state index in [0.717, 1.165) is 6.42 Å². The minimum Gasteiger partial charge on any atom is -0.444 e. The normalized spacial score (nSPS) is 34.8. The van der Waals surface area contributed by atoms with Crippen LogP contribution in [0, 0.1) is 17.8 Å². The van der Waals surface area contributed by atoms with Crippen LogP contribution >= 0.6 is 0 Å². The topological polar surface area (TPSA) is 171 Å². The molecule has 0 aromatic rings. The van der Waals surface area contributed by atoms with E-state index in [2.05, 4.69) is 22.3 Å². The number of alkyl carbamates (subject to hydrolysis) is 1. The van der Waals surface area contributed by atoms with Gasteiger partial charge < -0.3 is 25.4 Å². The number of aliphatic hydroxyl groups excluding tert-OH is 1. The first-order chi connectivity index (χ1) is 19.0. The summed E-state index contributed by atoms with van der Waals surface area (Å²) in [4.78, 5) is 54.9. The van der Waals surface area contributed by atoms with Gasteiger partial charge in [-0.1, -0.05) is 26.0 Å². The third-order valence-electron chi connectivity index (χ3n) is 8.31. The van der Waals surface area contributed by atoms with Crippen molar-refractivity contribution in [3.8, 4) is 0 Å². The van der Waals surface area contributed by atoms with Gasteiger partial charge in [0.2, 0.25) is 21.8 Å². The Morgan fingerprint density at radius 2 is 1.83 bits per heavy atom. The van der Waals surface area contributed by atoms with E-state index < -0.39 is 74.3 Å². The van der Waals surface area contributed by atoms with Crippen molar-refractivity contribution in [2.75, 3.05) is 6.54 Å². The predicted molar refractivity (Wildman–Crippen MR) is 150 cm³/mol. The average molecular weight is 597 g/mol. The number of allylic oxidation sites excluding steroid dienone is 1. The fraction of sp³-hybridized carbons (Fsp3) is 0.786. The zero-order valence-electron chi connectivity index (χ0n) is 24.5. The van der Waals surface area contributed by atoms with Gasteiger partial charge in [-0.25, -0.2) is 13.2 Å². The molecule has 4 rings (SSSR count). The molecule has 230 valence electrons. The second-order valence-electron chi connectivity index (χ2n) is 13.3. The zero-order chi connectivity index (χ0) is 30.3. The van der Waals surface area contributed by atoms with Gasteiger partial charge in [-0.3, -0.25) is 19.1 Å². The fourth-order valence-corrected chi connectivity index (χ4v) is 7.23. The van der Waals surface area contributed by atoms with Crippen molar-refractivity contribution in [3.05, 3.63) is 12.2 Å². The van der Waals surface area contributed by atoms with Crippen molar-refractivity contribution in [2.45, 2.75) is 114 Å². The first-order valence-corrected chi connectivity index (χ1v) is 16.1. The number of ether oxygens (including phenoxy) is 1. The maximum absolute atomic E-state index is 13.9. The number of hydrogen-bond acceptors (Lipinski definition) is 8. The van der Waals surface area contributed by atoms with Gasteiger partial charge in [-0.15, -0.1) is 0 Å². The molecule has 0 aromatic carbocycles. The summed E-state index contributed by atoms with van der Waals surface area (Å²) in [7, 11) is -3.84. The van der Waals surface area contributed by atoms with Gasteiger partial charge in [-0.2, -0.15) is 0 Å². The van der Waals surface area contributed by atoms with Gasteiger partial charge in [0.15, 0.2) is 0 Å². The predicted octanol–water partition coefficient (Wildman–Crippen LogP) is 1.34. The van der Waals surface area contributed by atoms with Crippen LogP contribution in [-0.2, 0) is 29.1 Å². The average Bonchev–Trinajstić information content (AvgIpc) is 3.76. The lowest BCUT2D eigenvalue weighted by Crippen LogP contribution is -2.59. The third kappa shape index (κ3) is 7.40. The quantitative estimate of drug-likeness (QED) is 0.352. The number of fused-ring (bicyclic) bond motifs is 2. The number of sulfonamides is 1. The van der Waals surface area contributed by atoms with Gasteiger partial charge in [0.05, 0.1) is 11.4 Å². The molecule has 0 aromatic heterocycles. The van der Waals surface area contributed by atoms with Crippen LogP contribution in [-0.4, -0.2) is 83.4 Å². The number of carbonyl (C=O) groups is 4. The fourth-order valence-electron chi connectivity index (χ4n) is 5.86. The van der Waals surface area contributed by atoms with Crippen LogP contribution in [0.3, 0.4) is 0 Å². The lowest BCUT2D eigenvalue weighted by Gasteiger charge is -2.33. The Morgan fingerprint density at radius 3 is 2.46 bits per heavy atom. The molecule has 2 saturated carbocycles. The summed E-state index contributed by atoms with van der Waals surface area (Å²) in [5, 5.41) is 15.4. The summed E-state index contributed by atoms with van der Waals surface area (Å²) >= 11 is 0. The summed E-state index contributed by atoms with van der Waals surface area (Å²) < 4.78 is 32.7. The molecule has 41 heavy (non-hydrogen) atoms. The van der Waals surface area contributed by atoms with Crippen molar-refractivity contribution >= 4 is 33.8 Å². The van der Waals surface area contributed by atoms with Gasteiger partial charge >= 0.3 is 6.09 Å². The highest BCUT2D eigenvalue weighted by Crippen LogP contribution is 2.46. The smallest absolute Gasteiger partial charge is 0.408 e. The van der Waals surface area contributed by atoms with E-state index in [1.807, 2.05) is 19.1 Å². The highest BCUT2D eigenvalue weighted by molar-refractivity contribution is 7.91. The van der Waals surface area contributed by atoms with Crippen molar-refractivity contribution in [3.63, 3.8) is 0 Å². The summed E-state index contributed by atoms with van der Waals surface area (Å²) in [6.07, 6.45) is 5.26. The summed E-state index contributed by atoms with van der Waals surface area (Å²) in [5.41, 5.74) is -2.25. The van der Waals surface area contributed by atoms with E-state index in [4.69, 9.17) is 4.74 Å². The van der Waals surface area contributed by atoms with Gasteiger partial charge in [0.25, 0.3) is 5.91 Å². The van der Waals surface area contributed by atoms with E-state index in [0.29, 0.717) is 25.7 Å². The molecule has 2 aliphatic heterocycles. The van der Waals surface area contributed by atoms with Crippen molar-refractivity contribution < 1.29 is 37.4 Å². The first-order valence-electron chi connectivity index (χ1n) is 14.5. The Labute approximate surface area is 242 Å². The van der Waals surface area contributed by atoms with E-state index >= 15 is 0 Å². The molecule has 4 N–H and O–H groups in total. The van der Waals surface area contributed by atoms with Crippen molar-refractivity contribution in [2.24, 2.45) is 17.8 Å². The van der Waals surface area contributed by atoms with E-state index in [9.17, 15) is 32.7 Å².